The molecule has 1 atom stereocenters. The second-order valence-electron chi connectivity index (χ2n) is 6.89. The maximum atomic E-state index is 12.8. The number of piperidine rings is 1. The summed E-state index contributed by atoms with van der Waals surface area (Å²) in [6.45, 7) is 5.54. The van der Waals surface area contributed by atoms with E-state index >= 15 is 0 Å². The van der Waals surface area contributed by atoms with Crippen molar-refractivity contribution < 1.29 is 4.79 Å². The van der Waals surface area contributed by atoms with Gasteiger partial charge >= 0.3 is 0 Å². The van der Waals surface area contributed by atoms with Crippen molar-refractivity contribution in [1.29, 1.82) is 0 Å². The topological polar surface area (TPSA) is 92.1 Å². The Morgan fingerprint density at radius 3 is 3.04 bits per heavy atom. The van der Waals surface area contributed by atoms with E-state index in [1.807, 2.05) is 24.9 Å². The average Bonchev–Trinajstić information content (AvgIpc) is 3.33. The predicted octanol–water partition coefficient (Wildman–Crippen LogP) is 1.80. The maximum Gasteiger partial charge on any atom is 0.252 e. The molecule has 1 unspecified atom stereocenters. The van der Waals surface area contributed by atoms with Gasteiger partial charge in [0.05, 0.1) is 0 Å². The number of nitrogens with zero attached hydrogens (tertiary/aromatic N) is 6. The number of fused-ring (bicyclic) bond motifs is 1. The van der Waals surface area contributed by atoms with Gasteiger partial charge in [0.15, 0.2) is 0 Å². The molecule has 1 fully saturated rings. The number of H-pyrrole nitrogens is 1. The summed E-state index contributed by atoms with van der Waals surface area (Å²) in [5.74, 6) is 2.08. The fraction of sp³-hybridized carbons (Fsp3) is 0.500. The van der Waals surface area contributed by atoms with Crippen molar-refractivity contribution in [2.75, 3.05) is 13.1 Å². The third kappa shape index (κ3) is 3.07. The van der Waals surface area contributed by atoms with Crippen LogP contribution < -0.4 is 0 Å². The molecule has 0 spiro atoms. The fourth-order valence-corrected chi connectivity index (χ4v) is 3.83. The summed E-state index contributed by atoms with van der Waals surface area (Å²) in [5, 5.41) is 4.21. The van der Waals surface area contributed by atoms with Gasteiger partial charge in [0.2, 0.25) is 5.91 Å². The molecule has 8 heteroatoms. The number of hydrogen-bond acceptors (Lipinski definition) is 5. The minimum atomic E-state index is 0.193. The Hall–Kier alpha value is -2.77. The number of aryl methyl sites for hydroxylation is 2. The molecule has 8 nitrogen and oxygen atoms in total. The van der Waals surface area contributed by atoms with Crippen molar-refractivity contribution in [3.8, 4) is 0 Å². The molecule has 1 N–H and O–H groups in total. The molecule has 0 aromatic carbocycles. The quantitative estimate of drug-likeness (QED) is 0.772. The first-order chi connectivity index (χ1) is 12.6. The van der Waals surface area contributed by atoms with Crippen molar-refractivity contribution in [3.63, 3.8) is 0 Å². The number of likely N-dealkylation sites (tertiary alicyclic amines) is 1. The van der Waals surface area contributed by atoms with Crippen LogP contribution in [0.25, 0.3) is 5.78 Å². The number of aromatic amines is 1. The van der Waals surface area contributed by atoms with Crippen LogP contribution in [0, 0.1) is 13.8 Å². The molecule has 1 amide bonds. The zero-order valence-corrected chi connectivity index (χ0v) is 15.1. The van der Waals surface area contributed by atoms with Crippen LogP contribution in [0.5, 0.6) is 0 Å². The van der Waals surface area contributed by atoms with Crippen molar-refractivity contribution >= 4 is 11.7 Å². The molecular formula is C18H23N7O. The molecule has 0 bridgehead atoms. The Kier molecular flexibility index (Phi) is 4.40. The summed E-state index contributed by atoms with van der Waals surface area (Å²) in [7, 11) is 0. The van der Waals surface area contributed by atoms with Crippen molar-refractivity contribution in [3.05, 3.63) is 41.5 Å². The number of imidazole rings is 1. The molecule has 1 saturated heterocycles. The van der Waals surface area contributed by atoms with Gasteiger partial charge in [0, 0.05) is 49.2 Å². The van der Waals surface area contributed by atoms with Gasteiger partial charge in [-0.15, -0.1) is 0 Å². The van der Waals surface area contributed by atoms with E-state index in [4.69, 9.17) is 0 Å². The van der Waals surface area contributed by atoms with Gasteiger partial charge in [-0.3, -0.25) is 4.79 Å². The molecule has 0 aliphatic carbocycles. The highest BCUT2D eigenvalue weighted by Gasteiger charge is 2.26. The Labute approximate surface area is 151 Å². The normalized spacial score (nSPS) is 17.8. The zero-order chi connectivity index (χ0) is 18.1. The summed E-state index contributed by atoms with van der Waals surface area (Å²) in [5.41, 5.74) is 3.00. The molecule has 4 heterocycles. The Morgan fingerprint density at radius 2 is 2.23 bits per heavy atom. The Balaban J connectivity index is 1.44. The summed E-state index contributed by atoms with van der Waals surface area (Å²) in [6, 6.07) is 0. The minimum absolute atomic E-state index is 0.193. The lowest BCUT2D eigenvalue weighted by Crippen LogP contribution is -2.39. The van der Waals surface area contributed by atoms with Crippen molar-refractivity contribution in [1.82, 2.24) is 34.4 Å². The van der Waals surface area contributed by atoms with Crippen molar-refractivity contribution in [2.45, 2.75) is 45.4 Å². The summed E-state index contributed by atoms with van der Waals surface area (Å²) in [6.07, 6.45) is 8.36. The minimum Gasteiger partial charge on any atom is -0.348 e. The summed E-state index contributed by atoms with van der Waals surface area (Å²) in [4.78, 5) is 30.9. The lowest BCUT2D eigenvalue weighted by molar-refractivity contribution is -0.132. The van der Waals surface area contributed by atoms with Crippen LogP contribution in [0.15, 0.2) is 18.7 Å². The van der Waals surface area contributed by atoms with Gasteiger partial charge in [0.25, 0.3) is 5.78 Å². The van der Waals surface area contributed by atoms with Gasteiger partial charge in [0.1, 0.15) is 12.2 Å². The summed E-state index contributed by atoms with van der Waals surface area (Å²) < 4.78 is 1.74. The first-order valence-corrected chi connectivity index (χ1v) is 9.06. The molecule has 1 aliphatic heterocycles. The van der Waals surface area contributed by atoms with Gasteiger partial charge < -0.3 is 9.88 Å². The van der Waals surface area contributed by atoms with E-state index < -0.39 is 0 Å². The van der Waals surface area contributed by atoms with Crippen LogP contribution in [0.4, 0.5) is 0 Å². The highest BCUT2D eigenvalue weighted by molar-refractivity contribution is 5.76. The van der Waals surface area contributed by atoms with Crippen LogP contribution in [0.2, 0.25) is 0 Å². The van der Waals surface area contributed by atoms with Crippen LogP contribution in [-0.4, -0.2) is 53.4 Å². The monoisotopic (exact) mass is 353 g/mol. The SMILES string of the molecule is Cc1nc2ncnn2c(C)c1CCC(=O)N1CCCC(c2ncc[nH]2)C1. The van der Waals surface area contributed by atoms with E-state index in [1.54, 1.807) is 10.7 Å². The second kappa shape index (κ2) is 6.86. The fourth-order valence-electron chi connectivity index (χ4n) is 3.83. The first kappa shape index (κ1) is 16.7. The third-order valence-electron chi connectivity index (χ3n) is 5.26. The number of rotatable bonds is 4. The van der Waals surface area contributed by atoms with Gasteiger partial charge in [-0.05, 0) is 38.7 Å². The molecule has 26 heavy (non-hydrogen) atoms. The molecule has 3 aromatic heterocycles. The number of carbonyl (C=O) groups is 1. The molecule has 136 valence electrons. The molecule has 1 aliphatic rings. The van der Waals surface area contributed by atoms with E-state index in [2.05, 4.69) is 25.0 Å². The van der Waals surface area contributed by atoms with Crippen LogP contribution in [-0.2, 0) is 11.2 Å². The van der Waals surface area contributed by atoms with Gasteiger partial charge in [-0.2, -0.15) is 10.1 Å². The first-order valence-electron chi connectivity index (χ1n) is 9.06. The van der Waals surface area contributed by atoms with E-state index in [0.29, 0.717) is 24.5 Å². The van der Waals surface area contributed by atoms with E-state index in [0.717, 1.165) is 48.7 Å². The van der Waals surface area contributed by atoms with E-state index in [1.165, 1.54) is 6.33 Å². The third-order valence-corrected chi connectivity index (χ3v) is 5.26. The molecular weight excluding hydrogens is 330 g/mol. The molecule has 3 aromatic rings. The highest BCUT2D eigenvalue weighted by Crippen LogP contribution is 2.25. The maximum absolute atomic E-state index is 12.8. The number of amides is 1. The smallest absolute Gasteiger partial charge is 0.252 e. The van der Waals surface area contributed by atoms with Crippen molar-refractivity contribution in [2.24, 2.45) is 0 Å². The number of aromatic nitrogens is 6. The van der Waals surface area contributed by atoms with E-state index in [-0.39, 0.29) is 5.91 Å². The lowest BCUT2D eigenvalue weighted by Gasteiger charge is -2.32. The molecule has 4 rings (SSSR count). The van der Waals surface area contributed by atoms with Gasteiger partial charge in [-0.25, -0.2) is 14.5 Å². The Bertz CT molecular complexity index is 915. The average molecular weight is 353 g/mol. The highest BCUT2D eigenvalue weighted by atomic mass is 16.2. The molecule has 0 saturated carbocycles. The largest absolute Gasteiger partial charge is 0.348 e. The van der Waals surface area contributed by atoms with E-state index in [9.17, 15) is 4.79 Å². The van der Waals surface area contributed by atoms with Gasteiger partial charge in [-0.1, -0.05) is 0 Å². The molecule has 0 radical (unpaired) electrons. The number of hydrogen-bond donors (Lipinski definition) is 1. The zero-order valence-electron chi connectivity index (χ0n) is 15.1. The lowest BCUT2D eigenvalue weighted by atomic mass is 9.96. The summed E-state index contributed by atoms with van der Waals surface area (Å²) >= 11 is 0. The number of carbonyl (C=O) groups excluding carboxylic acids is 1. The standard InChI is InChI=1S/C18H23N7O/c1-12-15(13(2)25-18(23-12)21-11-22-25)5-6-16(26)24-9-3-4-14(10-24)17-19-7-8-20-17/h7-8,11,14H,3-6,9-10H2,1-2H3,(H,19,20). The van der Waals surface area contributed by atoms with Crippen LogP contribution in [0.3, 0.4) is 0 Å². The van der Waals surface area contributed by atoms with Crippen LogP contribution >= 0.6 is 0 Å². The second-order valence-corrected chi connectivity index (χ2v) is 6.89. The van der Waals surface area contributed by atoms with Crippen LogP contribution in [0.1, 0.15) is 48.0 Å². The Morgan fingerprint density at radius 1 is 1.35 bits per heavy atom. The number of nitrogens with one attached hydrogen (secondary N) is 1. The predicted molar refractivity (Wildman–Crippen MR) is 95.7 cm³/mol.